The van der Waals surface area contributed by atoms with E-state index in [0.717, 1.165) is 153 Å². The van der Waals surface area contributed by atoms with Gasteiger partial charge in [-0.2, -0.15) is 10.4 Å². The Morgan fingerprint density at radius 1 is 0.248 bits per heavy atom. The Bertz CT molecular complexity index is 5610. The molecule has 14 aromatic carbocycles. The summed E-state index contributed by atoms with van der Waals surface area (Å²) in [6.07, 6.45) is 1.25. The number of nitrogens with zero attached hydrogens (tertiary/aromatic N) is 12. The molecule has 22 heteroatoms. The molecule has 0 saturated carbocycles. The zero-order chi connectivity index (χ0) is 95.0. The molecule has 0 atom stereocenters. The number of hydrogen-bond acceptors (Lipinski definition) is 13. The third-order valence-electron chi connectivity index (χ3n) is 18.1. The van der Waals surface area contributed by atoms with Crippen LogP contribution in [-0.2, 0) is 116 Å². The number of aliphatic hydroxyl groups excluding tert-OH is 1. The van der Waals surface area contributed by atoms with Crippen molar-refractivity contribution < 1.29 is 109 Å². The topological polar surface area (TPSA) is 245 Å². The number of aromatic nitrogens is 6. The molecular weight excluding hydrogens is 2050 g/mol. The largest absolute Gasteiger partial charge is 3.00 e. The standard InChI is InChI=1S/6C17H11N.C12H10N.CHNO.CNO.CHNS.CNS.CN.6Ni/c6*1-3-8-14(9-4-1)16-12-7-13-17(18-16)15-10-5-2-6-11-15;1-3-7-11(8-4-1)13-12-9-5-2-6-10-12;4*2-1-3;1-2;;;;;;/h6*1-8,10,12-13H;1-10H;3H;;3H;;;;;;;;/q6*-2;-1;;-1;;2*-1;+2;5*+3/p-1. The van der Waals surface area contributed by atoms with E-state index in [9.17, 15) is 0 Å². The van der Waals surface area contributed by atoms with Gasteiger partial charge >= 0.3 is 98.9 Å². The molecule has 6 aromatic heterocycles. The maximum atomic E-state index is 8.24. The number of thiocarbonyl (C=S) groups is 1. The van der Waals surface area contributed by atoms with Gasteiger partial charge in [0.15, 0.2) is 0 Å². The Labute approximate surface area is 897 Å². The number of nitriles is 2. The summed E-state index contributed by atoms with van der Waals surface area (Å²) in [6, 6.07) is 189. The second-order valence-electron chi connectivity index (χ2n) is 26.9. The average molecular weight is 2120 g/mol. The molecule has 141 heavy (non-hydrogen) atoms. The summed E-state index contributed by atoms with van der Waals surface area (Å²) >= 11 is 7.40. The van der Waals surface area contributed by atoms with E-state index < -0.39 is 0 Å². The minimum absolute atomic E-state index is 0. The Balaban J connectivity index is 0.000000411. The summed E-state index contributed by atoms with van der Waals surface area (Å²) in [7, 11) is 0. The van der Waals surface area contributed by atoms with E-state index in [1.807, 2.05) is 461 Å². The molecule has 0 spiro atoms. The number of carbonyl (C=O) groups excluding carboxylic acids is 1. The second-order valence-corrected chi connectivity index (χ2v) is 27.3. The maximum Gasteiger partial charge on any atom is 3.00 e. The van der Waals surface area contributed by atoms with Crippen molar-refractivity contribution >= 4 is 47.5 Å². The van der Waals surface area contributed by atoms with E-state index in [1.165, 1.54) is 10.6 Å². The Hall–Kier alpha value is -15.6. The number of benzene rings is 14. The van der Waals surface area contributed by atoms with Crippen molar-refractivity contribution in [2.45, 2.75) is 0 Å². The first kappa shape index (κ1) is 120. The molecule has 14 nitrogen and oxygen atoms in total. The number of aliphatic hydroxyl groups is 1. The number of rotatable bonds is 14. The minimum atomic E-state index is 0. The number of isocyanates is 1. The van der Waals surface area contributed by atoms with Crippen LogP contribution in [-0.4, -0.2) is 46.3 Å². The summed E-state index contributed by atoms with van der Waals surface area (Å²) in [4.78, 5) is 36.1. The zero-order valence-electron chi connectivity index (χ0n) is 74.3. The van der Waals surface area contributed by atoms with Crippen LogP contribution in [0.1, 0.15) is 0 Å². The van der Waals surface area contributed by atoms with Crippen LogP contribution < -0.4 is 0 Å². The first-order valence-corrected chi connectivity index (χ1v) is 42.1. The zero-order valence-corrected chi connectivity index (χ0v) is 81.9. The van der Waals surface area contributed by atoms with Crippen LogP contribution >= 0.6 is 12.2 Å². The van der Waals surface area contributed by atoms with E-state index in [0.29, 0.717) is 6.08 Å². The van der Waals surface area contributed by atoms with Gasteiger partial charge in [-0.1, -0.05) is 187 Å². The van der Waals surface area contributed by atoms with Gasteiger partial charge < -0.3 is 75.6 Å². The average Bonchev–Trinajstić information content (AvgIpc) is 0.862. The molecule has 5 radical (unpaired) electrons. The van der Waals surface area contributed by atoms with Crippen molar-refractivity contribution in [1.29, 1.82) is 15.8 Å². The predicted octanol–water partition coefficient (Wildman–Crippen LogP) is 28.6. The fourth-order valence-corrected chi connectivity index (χ4v) is 12.2. The molecule has 0 amide bonds. The van der Waals surface area contributed by atoms with Gasteiger partial charge in [0.25, 0.3) is 6.26 Å². The first-order valence-electron chi connectivity index (χ1n) is 41.3. The van der Waals surface area contributed by atoms with Gasteiger partial charge in [0, 0.05) is 0 Å². The van der Waals surface area contributed by atoms with Crippen molar-refractivity contribution in [3.63, 3.8) is 0 Å². The van der Waals surface area contributed by atoms with E-state index in [-0.39, 0.29) is 98.9 Å². The van der Waals surface area contributed by atoms with E-state index >= 15 is 0 Å². The number of pyridine rings is 6. The van der Waals surface area contributed by atoms with Gasteiger partial charge in [0.05, 0.1) is 0 Å². The van der Waals surface area contributed by atoms with Crippen molar-refractivity contribution in [1.82, 2.24) is 29.9 Å². The van der Waals surface area contributed by atoms with Crippen molar-refractivity contribution in [2.75, 3.05) is 0 Å². The summed E-state index contributed by atoms with van der Waals surface area (Å²) in [6.45, 7) is 4.75. The smallest absolute Gasteiger partial charge is 0.753 e. The van der Waals surface area contributed by atoms with Crippen molar-refractivity contribution in [3.05, 3.63) is 557 Å². The number of isothiocyanates is 1. The van der Waals surface area contributed by atoms with E-state index in [1.54, 1.807) is 0 Å². The van der Waals surface area contributed by atoms with E-state index in [2.05, 4.69) is 133 Å². The molecule has 0 fully saturated rings. The number of hydrogen-bond donors (Lipinski definition) is 1. The minimum Gasteiger partial charge on any atom is -0.753 e. The van der Waals surface area contributed by atoms with Crippen LogP contribution in [0.25, 0.3) is 151 Å². The third kappa shape index (κ3) is 42.9. The van der Waals surface area contributed by atoms with Crippen LogP contribution in [0, 0.1) is 107 Å². The molecule has 697 valence electrons. The van der Waals surface area contributed by atoms with Crippen molar-refractivity contribution in [3.8, 4) is 147 Å². The summed E-state index contributed by atoms with van der Waals surface area (Å²) in [5.74, 6) is 0. The van der Waals surface area contributed by atoms with Gasteiger partial charge in [-0.15, -0.1) is 442 Å². The third-order valence-corrected chi connectivity index (χ3v) is 18.1. The first-order chi connectivity index (χ1) is 66.7. The van der Waals surface area contributed by atoms with Gasteiger partial charge in [0.1, 0.15) is 0 Å². The van der Waals surface area contributed by atoms with Crippen LogP contribution in [0.2, 0.25) is 0 Å². The predicted molar refractivity (Wildman–Crippen MR) is 543 cm³/mol. The fraction of sp³-hybridized carbons (Fsp3) is 0. The summed E-state index contributed by atoms with van der Waals surface area (Å²) < 4.78 is 0. The monoisotopic (exact) mass is 2120 g/mol. The molecule has 0 aliphatic carbocycles. The molecule has 0 aliphatic heterocycles. The molecule has 0 aliphatic rings. The molecule has 20 rings (SSSR count). The number of para-hydroxylation sites is 2. The normalized spacial score (nSPS) is 8.94. The van der Waals surface area contributed by atoms with Crippen molar-refractivity contribution in [2.24, 2.45) is 0 Å². The number of thiocyanates is 1. The second kappa shape index (κ2) is 72.7. The Morgan fingerprint density at radius 2 is 0.348 bits per heavy atom. The quantitative estimate of drug-likeness (QED) is 0.0203. The van der Waals surface area contributed by atoms with Gasteiger partial charge in [-0.3, -0.25) is 4.79 Å². The SMILES string of the molecule is N#CO.N#C[S-].[C-]#N.[N-]=C=O.[N-]=C=S.[Ni+2].[Ni+3].[Ni+3].[Ni+3].[Ni+3].[Ni+3].[c-]1ccccc1-c1cccc(-c2[c-]cccc2)n1.[c-]1ccccc1-c1cccc(-c2[c-]cccc2)n1.[c-]1ccccc1-c1cccc(-c2[c-]cccc2)n1.[c-]1ccccc1-c1cccc(-c2[c-]cccc2)n1.[c-]1ccccc1-c1cccc(-c2[c-]cccc2)n1.[c-]1ccccc1-c1cccc(-c2[c-]cccc2)n1.c1ccc([N-]c2ccccc2)cc1. The molecule has 1 N–H and O–H groups in total. The van der Waals surface area contributed by atoms with Crippen LogP contribution in [0.3, 0.4) is 0 Å². The Morgan fingerprint density at radius 3 is 0.440 bits per heavy atom. The molecule has 20 aromatic rings. The molecule has 0 bridgehead atoms. The fourth-order valence-electron chi connectivity index (χ4n) is 12.2. The van der Waals surface area contributed by atoms with E-state index in [4.69, 9.17) is 43.1 Å². The maximum absolute atomic E-state index is 8.24. The Kier molecular flexibility index (Phi) is 61.7. The molecular formula is C119H77N12Ni6O2S2. The van der Waals surface area contributed by atoms with Gasteiger partial charge in [0.2, 0.25) is 0 Å². The molecule has 0 saturated heterocycles. The summed E-state index contributed by atoms with van der Waals surface area (Å²) in [5.41, 5.74) is 25.3. The van der Waals surface area contributed by atoms with Gasteiger partial charge in [-0.05, 0) is 74.4 Å². The van der Waals surface area contributed by atoms with Gasteiger partial charge in [-0.25, -0.2) is 5.26 Å². The summed E-state index contributed by atoms with van der Waals surface area (Å²) in [5, 5.41) is 48.1. The van der Waals surface area contributed by atoms with Crippen LogP contribution in [0.15, 0.2) is 461 Å². The van der Waals surface area contributed by atoms with Crippen LogP contribution in [0.5, 0.6) is 0 Å². The van der Waals surface area contributed by atoms with Crippen LogP contribution in [0.4, 0.5) is 11.4 Å². The molecule has 0 unspecified atom stereocenters. The molecule has 6 heterocycles.